The Labute approximate surface area is 312 Å². The molecule has 0 amide bonds. The molecule has 3 aliphatic carbocycles. The van der Waals surface area contributed by atoms with E-state index in [2.05, 4.69) is 171 Å². The molecule has 0 bridgehead atoms. The molecule has 53 heavy (non-hydrogen) atoms. The highest BCUT2D eigenvalue weighted by atomic mass is 15.0. The lowest BCUT2D eigenvalue weighted by molar-refractivity contribution is 0.593. The van der Waals surface area contributed by atoms with Gasteiger partial charge in [-0.25, -0.2) is 9.98 Å². The number of hydrogen-bond donors (Lipinski definition) is 1. The highest BCUT2D eigenvalue weighted by Crippen LogP contribution is 2.57. The summed E-state index contributed by atoms with van der Waals surface area (Å²) in [6.45, 7) is 4.84. The largest absolute Gasteiger partial charge is 0.378 e. The van der Waals surface area contributed by atoms with Gasteiger partial charge in [0, 0.05) is 34.9 Å². The molecular weight excluding hydrogens is 643 g/mol. The van der Waals surface area contributed by atoms with Gasteiger partial charge in [-0.3, -0.25) is 0 Å². The number of nitrogens with one attached hydrogen (secondary N) is 1. The fourth-order valence-corrected chi connectivity index (χ4v) is 9.19. The monoisotopic (exact) mass is 683 g/mol. The van der Waals surface area contributed by atoms with E-state index in [4.69, 9.17) is 9.98 Å². The first-order valence-corrected chi connectivity index (χ1v) is 18.9. The first kappa shape index (κ1) is 31.7. The van der Waals surface area contributed by atoms with E-state index < -0.39 is 0 Å². The van der Waals surface area contributed by atoms with Crippen molar-refractivity contribution in [2.24, 2.45) is 15.9 Å². The lowest BCUT2D eigenvalue weighted by atomic mass is 9.75. The zero-order valence-corrected chi connectivity index (χ0v) is 30.1. The second-order valence-corrected chi connectivity index (χ2v) is 15.3. The van der Waals surface area contributed by atoms with Crippen LogP contribution in [0, 0.1) is 5.92 Å². The minimum Gasteiger partial charge on any atom is -0.378 e. The molecule has 5 aromatic rings. The standard InChI is InChI=1S/C50H41N3/c1-50(2)43-28-25-38(31-42(43)40-26-27-41-39-15-9-10-16-46(39)51-48(41)47(40)50)34-19-17-32(18-20-34)33-21-23-37(24-22-33)49-52-44(35-11-5-3-6-12-35)29-30-45(53-49)36-13-7-4-8-14-36/h3-25,27-29,31,39-40,46,51H,26,30H2,1-2H3. The Morgan fingerprint density at radius 1 is 0.604 bits per heavy atom. The number of benzene rings is 5. The van der Waals surface area contributed by atoms with Gasteiger partial charge in [0.25, 0.3) is 0 Å². The number of allylic oxidation sites excluding steroid dienone is 6. The van der Waals surface area contributed by atoms with Gasteiger partial charge in [0.05, 0.1) is 17.5 Å². The third-order valence-electron chi connectivity index (χ3n) is 11.9. The predicted molar refractivity (Wildman–Crippen MR) is 220 cm³/mol. The van der Waals surface area contributed by atoms with E-state index in [0.717, 1.165) is 46.8 Å². The molecule has 0 saturated carbocycles. The van der Waals surface area contributed by atoms with Crippen LogP contribution in [-0.4, -0.2) is 17.6 Å². The van der Waals surface area contributed by atoms with Crippen LogP contribution < -0.4 is 5.32 Å². The normalized spacial score (nSPS) is 22.0. The van der Waals surface area contributed by atoms with Gasteiger partial charge in [0.1, 0.15) is 0 Å². The molecule has 10 rings (SSSR count). The SMILES string of the molecule is CC1(C)C2=C3NC4C=CC=CC4C3=CCC2c2cc(-c3ccc(-c4ccc(C5=NC(c6ccccc6)=CCC(c6ccccc6)=N5)cc4)cc3)ccc21. The van der Waals surface area contributed by atoms with Crippen LogP contribution in [0.1, 0.15) is 60.4 Å². The summed E-state index contributed by atoms with van der Waals surface area (Å²) in [5, 5.41) is 3.92. The van der Waals surface area contributed by atoms with E-state index in [1.54, 1.807) is 5.57 Å². The van der Waals surface area contributed by atoms with Gasteiger partial charge in [-0.15, -0.1) is 0 Å². The number of aliphatic imine (C=N–C) groups is 2. The molecule has 1 fully saturated rings. The maximum atomic E-state index is 5.13. The van der Waals surface area contributed by atoms with E-state index in [1.807, 2.05) is 12.1 Å². The van der Waals surface area contributed by atoms with Crippen molar-refractivity contribution in [2.45, 2.75) is 44.1 Å². The number of amidine groups is 1. The third-order valence-corrected chi connectivity index (χ3v) is 11.9. The summed E-state index contributed by atoms with van der Waals surface area (Å²) >= 11 is 0. The first-order valence-electron chi connectivity index (χ1n) is 18.9. The van der Waals surface area contributed by atoms with Crippen molar-refractivity contribution >= 4 is 17.2 Å². The molecule has 1 N–H and O–H groups in total. The molecule has 2 heterocycles. The third kappa shape index (κ3) is 5.42. The van der Waals surface area contributed by atoms with Gasteiger partial charge in [0.15, 0.2) is 5.84 Å². The van der Waals surface area contributed by atoms with Crippen LogP contribution in [0.3, 0.4) is 0 Å². The Hall–Kier alpha value is -6.06. The Kier molecular flexibility index (Phi) is 7.50. The van der Waals surface area contributed by atoms with Crippen molar-refractivity contribution < 1.29 is 0 Å². The van der Waals surface area contributed by atoms with Crippen LogP contribution in [0.25, 0.3) is 28.0 Å². The zero-order chi connectivity index (χ0) is 35.5. The Bertz CT molecular complexity index is 2470. The van der Waals surface area contributed by atoms with E-state index in [-0.39, 0.29) is 5.41 Å². The molecule has 0 spiro atoms. The predicted octanol–water partition coefficient (Wildman–Crippen LogP) is 11.4. The highest BCUT2D eigenvalue weighted by molar-refractivity contribution is 6.15. The van der Waals surface area contributed by atoms with Gasteiger partial charge in [-0.2, -0.15) is 0 Å². The van der Waals surface area contributed by atoms with E-state index >= 15 is 0 Å². The molecule has 0 aromatic heterocycles. The Balaban J connectivity index is 0.926. The van der Waals surface area contributed by atoms with Gasteiger partial charge in [-0.1, -0.05) is 178 Å². The van der Waals surface area contributed by atoms with Crippen LogP contribution in [-0.2, 0) is 5.41 Å². The van der Waals surface area contributed by atoms with Crippen LogP contribution in [0.15, 0.2) is 191 Å². The van der Waals surface area contributed by atoms with Crippen LogP contribution in [0.5, 0.6) is 0 Å². The van der Waals surface area contributed by atoms with Crippen LogP contribution >= 0.6 is 0 Å². The molecule has 3 unspecified atom stereocenters. The summed E-state index contributed by atoms with van der Waals surface area (Å²) in [6.07, 6.45) is 15.6. The molecule has 2 aliphatic heterocycles. The second kappa shape index (κ2) is 12.6. The molecule has 256 valence electrons. The molecule has 5 aliphatic rings. The number of rotatable bonds is 5. The summed E-state index contributed by atoms with van der Waals surface area (Å²) in [6, 6.07) is 46.1. The first-order chi connectivity index (χ1) is 26.0. The van der Waals surface area contributed by atoms with Crippen molar-refractivity contribution in [1.29, 1.82) is 0 Å². The quantitative estimate of drug-likeness (QED) is 0.197. The summed E-state index contributed by atoms with van der Waals surface area (Å²) in [4.78, 5) is 10.2. The summed E-state index contributed by atoms with van der Waals surface area (Å²) in [7, 11) is 0. The number of nitrogens with zero attached hydrogens (tertiary/aromatic N) is 2. The van der Waals surface area contributed by atoms with Crippen molar-refractivity contribution in [1.82, 2.24) is 5.32 Å². The molecule has 3 nitrogen and oxygen atoms in total. The van der Waals surface area contributed by atoms with Crippen molar-refractivity contribution in [3.05, 3.63) is 209 Å². The second-order valence-electron chi connectivity index (χ2n) is 15.3. The highest BCUT2D eigenvalue weighted by Gasteiger charge is 2.48. The summed E-state index contributed by atoms with van der Waals surface area (Å²) in [5.74, 6) is 1.60. The minimum atomic E-state index is -0.00649. The van der Waals surface area contributed by atoms with Gasteiger partial charge in [-0.05, 0) is 62.1 Å². The van der Waals surface area contributed by atoms with Gasteiger partial charge >= 0.3 is 0 Å². The lowest BCUT2D eigenvalue weighted by Crippen LogP contribution is -2.27. The van der Waals surface area contributed by atoms with Crippen molar-refractivity contribution in [2.75, 3.05) is 0 Å². The fourth-order valence-electron chi connectivity index (χ4n) is 9.19. The van der Waals surface area contributed by atoms with E-state index in [0.29, 0.717) is 17.9 Å². The molecular formula is C50H41N3. The average molecular weight is 684 g/mol. The number of fused-ring (bicyclic) bond motifs is 6. The minimum absolute atomic E-state index is 0.00649. The molecule has 1 saturated heterocycles. The Morgan fingerprint density at radius 3 is 1.94 bits per heavy atom. The molecule has 5 aromatic carbocycles. The topological polar surface area (TPSA) is 36.8 Å². The smallest absolute Gasteiger partial charge is 0.160 e. The average Bonchev–Trinajstić information content (AvgIpc) is 3.58. The zero-order valence-electron chi connectivity index (χ0n) is 30.1. The van der Waals surface area contributed by atoms with Crippen LogP contribution in [0.4, 0.5) is 0 Å². The van der Waals surface area contributed by atoms with E-state index in [9.17, 15) is 0 Å². The number of hydrogen-bond acceptors (Lipinski definition) is 3. The summed E-state index contributed by atoms with van der Waals surface area (Å²) in [5.41, 5.74) is 17.5. The molecule has 3 heteroatoms. The van der Waals surface area contributed by atoms with Crippen molar-refractivity contribution in [3.8, 4) is 22.3 Å². The van der Waals surface area contributed by atoms with Gasteiger partial charge < -0.3 is 5.32 Å². The fraction of sp³-hybridized carbons (Fsp3) is 0.160. The maximum Gasteiger partial charge on any atom is 0.160 e. The summed E-state index contributed by atoms with van der Waals surface area (Å²) < 4.78 is 0. The molecule has 0 radical (unpaired) electrons. The van der Waals surface area contributed by atoms with Gasteiger partial charge in [0.2, 0.25) is 0 Å². The van der Waals surface area contributed by atoms with Crippen molar-refractivity contribution in [3.63, 3.8) is 0 Å². The van der Waals surface area contributed by atoms with E-state index in [1.165, 1.54) is 44.7 Å². The van der Waals surface area contributed by atoms with Crippen LogP contribution in [0.2, 0.25) is 0 Å². The molecule has 3 atom stereocenters. The Morgan fingerprint density at radius 2 is 1.23 bits per heavy atom. The maximum absolute atomic E-state index is 5.13. The lowest BCUT2D eigenvalue weighted by Gasteiger charge is -2.29.